The van der Waals surface area contributed by atoms with Crippen LogP contribution >= 0.6 is 11.8 Å². The Kier molecular flexibility index (Phi) is 3.59. The molecule has 110 valence electrons. The Morgan fingerprint density at radius 2 is 1.90 bits per heavy atom. The molecule has 0 aromatic heterocycles. The largest absolute Gasteiger partial charge is 0.321 e. The van der Waals surface area contributed by atoms with Gasteiger partial charge in [0, 0.05) is 18.8 Å². The number of imide groups is 1. The van der Waals surface area contributed by atoms with Gasteiger partial charge >= 0.3 is 6.03 Å². The number of anilines is 1. The molecule has 2 fully saturated rings. The van der Waals surface area contributed by atoms with Crippen molar-refractivity contribution >= 4 is 34.6 Å². The average molecular weight is 305 g/mol. The fourth-order valence-electron chi connectivity index (χ4n) is 2.34. The van der Waals surface area contributed by atoms with Crippen LogP contribution in [-0.2, 0) is 4.79 Å². The number of thioether (sulfide) groups is 1. The van der Waals surface area contributed by atoms with Crippen LogP contribution in [0.4, 0.5) is 15.3 Å². The summed E-state index contributed by atoms with van der Waals surface area (Å²) in [6.45, 7) is 2.78. The molecule has 0 saturated carbocycles. The number of amides is 4. The van der Waals surface area contributed by atoms with E-state index in [1.807, 2.05) is 31.2 Å². The smallest absolute Gasteiger partial charge is 0.320 e. The maximum Gasteiger partial charge on any atom is 0.321 e. The number of hydrogen-bond donors (Lipinski definition) is 1. The predicted octanol–water partition coefficient (Wildman–Crippen LogP) is 1.91. The van der Waals surface area contributed by atoms with Crippen molar-refractivity contribution in [3.05, 3.63) is 29.8 Å². The maximum atomic E-state index is 12.0. The fraction of sp³-hybridized carbons (Fsp3) is 0.357. The molecule has 6 nitrogen and oxygen atoms in total. The van der Waals surface area contributed by atoms with Gasteiger partial charge in [-0.1, -0.05) is 29.5 Å². The monoisotopic (exact) mass is 305 g/mol. The summed E-state index contributed by atoms with van der Waals surface area (Å²) in [4.78, 5) is 38.0. The summed E-state index contributed by atoms with van der Waals surface area (Å²) in [6, 6.07) is 7.15. The molecule has 1 aromatic rings. The molecule has 0 bridgehead atoms. The Morgan fingerprint density at radius 1 is 1.24 bits per heavy atom. The second-order valence-electron chi connectivity index (χ2n) is 5.17. The minimum atomic E-state index is -0.207. The highest BCUT2D eigenvalue weighted by atomic mass is 32.2. The number of benzene rings is 1. The first-order chi connectivity index (χ1) is 10.0. The van der Waals surface area contributed by atoms with Crippen molar-refractivity contribution in [1.82, 2.24) is 9.80 Å². The van der Waals surface area contributed by atoms with E-state index in [1.54, 1.807) is 4.90 Å². The van der Waals surface area contributed by atoms with Gasteiger partial charge in [0.05, 0.1) is 11.8 Å². The lowest BCUT2D eigenvalue weighted by molar-refractivity contribution is -0.128. The van der Waals surface area contributed by atoms with Crippen molar-refractivity contribution in [3.8, 4) is 0 Å². The van der Waals surface area contributed by atoms with Crippen LogP contribution in [0.2, 0.25) is 0 Å². The number of rotatable bonds is 2. The summed E-state index contributed by atoms with van der Waals surface area (Å²) < 4.78 is 0. The first-order valence-corrected chi connectivity index (χ1v) is 7.64. The summed E-state index contributed by atoms with van der Waals surface area (Å²) >= 11 is 1.02. The number of carbonyl (C=O) groups excluding carboxylic acids is 3. The van der Waals surface area contributed by atoms with E-state index < -0.39 is 0 Å². The summed E-state index contributed by atoms with van der Waals surface area (Å²) in [7, 11) is 0. The van der Waals surface area contributed by atoms with E-state index in [-0.39, 0.29) is 29.0 Å². The van der Waals surface area contributed by atoms with Crippen LogP contribution in [0.1, 0.15) is 5.56 Å². The molecule has 0 radical (unpaired) electrons. The van der Waals surface area contributed by atoms with Gasteiger partial charge in [-0.25, -0.2) is 4.79 Å². The lowest BCUT2D eigenvalue weighted by Crippen LogP contribution is -2.62. The molecule has 0 atom stereocenters. The van der Waals surface area contributed by atoms with Gasteiger partial charge in [0.2, 0.25) is 5.91 Å². The summed E-state index contributed by atoms with van der Waals surface area (Å²) in [5, 5.41) is 2.59. The molecule has 2 heterocycles. The third-order valence-corrected chi connectivity index (χ3v) is 4.44. The Labute approximate surface area is 126 Å². The van der Waals surface area contributed by atoms with Gasteiger partial charge in [-0.05, 0) is 19.1 Å². The molecule has 1 N–H and O–H groups in total. The fourth-order valence-corrected chi connectivity index (χ4v) is 3.12. The van der Waals surface area contributed by atoms with Gasteiger partial charge in [0.15, 0.2) is 0 Å². The normalized spacial score (nSPS) is 18.9. The molecule has 0 spiro atoms. The highest BCUT2D eigenvalue weighted by Crippen LogP contribution is 2.26. The zero-order valence-electron chi connectivity index (χ0n) is 11.5. The number of urea groups is 1. The number of hydrogen-bond acceptors (Lipinski definition) is 4. The second-order valence-corrected chi connectivity index (χ2v) is 6.10. The lowest BCUT2D eigenvalue weighted by atomic mass is 10.1. The van der Waals surface area contributed by atoms with Crippen molar-refractivity contribution in [3.63, 3.8) is 0 Å². The van der Waals surface area contributed by atoms with Crippen LogP contribution in [0.25, 0.3) is 0 Å². The molecule has 2 aliphatic rings. The molecule has 0 unspecified atom stereocenters. The van der Waals surface area contributed by atoms with E-state index in [9.17, 15) is 14.4 Å². The number of carbonyl (C=O) groups is 3. The van der Waals surface area contributed by atoms with Gasteiger partial charge in [0.25, 0.3) is 5.24 Å². The maximum absolute atomic E-state index is 12.0. The molecule has 3 rings (SSSR count). The minimum Gasteiger partial charge on any atom is -0.320 e. The molecule has 2 saturated heterocycles. The molecular formula is C14H15N3O3S. The number of likely N-dealkylation sites (tertiary alicyclic amines) is 1. The van der Waals surface area contributed by atoms with E-state index in [0.717, 1.165) is 23.0 Å². The van der Waals surface area contributed by atoms with E-state index in [1.165, 1.54) is 4.90 Å². The third kappa shape index (κ3) is 2.73. The van der Waals surface area contributed by atoms with Crippen molar-refractivity contribution in [1.29, 1.82) is 0 Å². The van der Waals surface area contributed by atoms with Crippen LogP contribution < -0.4 is 5.32 Å². The van der Waals surface area contributed by atoms with Gasteiger partial charge in [-0.3, -0.25) is 14.5 Å². The molecule has 2 aliphatic heterocycles. The zero-order valence-corrected chi connectivity index (χ0v) is 12.4. The number of nitrogens with zero attached hydrogens (tertiary/aromatic N) is 2. The first kappa shape index (κ1) is 13.9. The molecule has 4 amide bonds. The van der Waals surface area contributed by atoms with Crippen LogP contribution in [0.3, 0.4) is 0 Å². The van der Waals surface area contributed by atoms with Crippen LogP contribution in [0.5, 0.6) is 0 Å². The second kappa shape index (κ2) is 5.40. The molecular weight excluding hydrogens is 290 g/mol. The Hall–Kier alpha value is -2.02. The highest BCUT2D eigenvalue weighted by Gasteiger charge is 2.43. The van der Waals surface area contributed by atoms with Gasteiger partial charge in [-0.15, -0.1) is 0 Å². The molecule has 0 aliphatic carbocycles. The molecule has 1 aromatic carbocycles. The lowest BCUT2D eigenvalue weighted by Gasteiger charge is -2.42. The van der Waals surface area contributed by atoms with Crippen molar-refractivity contribution < 1.29 is 14.4 Å². The minimum absolute atomic E-state index is 0.159. The summed E-state index contributed by atoms with van der Waals surface area (Å²) in [5.41, 5.74) is 1.86. The third-order valence-electron chi connectivity index (χ3n) is 3.60. The van der Waals surface area contributed by atoms with Gasteiger partial charge in [-0.2, -0.15) is 0 Å². The van der Waals surface area contributed by atoms with Crippen LogP contribution in [-0.4, -0.2) is 51.9 Å². The zero-order chi connectivity index (χ0) is 15.0. The van der Waals surface area contributed by atoms with E-state index in [4.69, 9.17) is 0 Å². The van der Waals surface area contributed by atoms with Crippen LogP contribution in [0, 0.1) is 6.92 Å². The Bertz CT molecular complexity index is 580. The predicted molar refractivity (Wildman–Crippen MR) is 80.3 cm³/mol. The SMILES string of the molecule is Cc1ccc(NC(=O)N2CC(N3C(=O)CSC3=O)C2)cc1. The summed E-state index contributed by atoms with van der Waals surface area (Å²) in [5.74, 6) is 0.0545. The van der Waals surface area contributed by atoms with Crippen molar-refractivity contribution in [2.45, 2.75) is 13.0 Å². The Balaban J connectivity index is 1.54. The van der Waals surface area contributed by atoms with E-state index in [2.05, 4.69) is 5.32 Å². The van der Waals surface area contributed by atoms with E-state index in [0.29, 0.717) is 13.1 Å². The average Bonchev–Trinajstić information content (AvgIpc) is 2.72. The van der Waals surface area contributed by atoms with Crippen LogP contribution in [0.15, 0.2) is 24.3 Å². The Morgan fingerprint density at radius 3 is 2.48 bits per heavy atom. The first-order valence-electron chi connectivity index (χ1n) is 6.66. The number of nitrogens with one attached hydrogen (secondary N) is 1. The topological polar surface area (TPSA) is 69.7 Å². The van der Waals surface area contributed by atoms with Crippen molar-refractivity contribution in [2.24, 2.45) is 0 Å². The van der Waals surface area contributed by atoms with Gasteiger partial charge < -0.3 is 10.2 Å². The molecule has 7 heteroatoms. The van der Waals surface area contributed by atoms with Gasteiger partial charge in [0.1, 0.15) is 0 Å². The number of aryl methyl sites for hydroxylation is 1. The van der Waals surface area contributed by atoms with E-state index >= 15 is 0 Å². The van der Waals surface area contributed by atoms with Crippen molar-refractivity contribution in [2.75, 3.05) is 24.2 Å². The quantitative estimate of drug-likeness (QED) is 0.906. The molecule has 21 heavy (non-hydrogen) atoms. The highest BCUT2D eigenvalue weighted by molar-refractivity contribution is 8.14. The standard InChI is InChI=1S/C14H15N3O3S/c1-9-2-4-10(5-3-9)15-13(19)16-6-11(7-16)17-12(18)8-21-14(17)20/h2-5,11H,6-8H2,1H3,(H,15,19). The summed E-state index contributed by atoms with van der Waals surface area (Å²) in [6.07, 6.45) is 0.